The Kier molecular flexibility index (Phi) is 9.54. The van der Waals surface area contributed by atoms with Crippen LogP contribution in [-0.2, 0) is 0 Å². The van der Waals surface area contributed by atoms with Crippen molar-refractivity contribution in [2.45, 2.75) is 109 Å². The third kappa shape index (κ3) is 7.31. The highest BCUT2D eigenvalue weighted by molar-refractivity contribution is 4.87. The zero-order valence-electron chi connectivity index (χ0n) is 13.2. The Morgan fingerprint density at radius 2 is 1.63 bits per heavy atom. The lowest BCUT2D eigenvalue weighted by atomic mass is 10.0. The van der Waals surface area contributed by atoms with Gasteiger partial charge in [0.15, 0.2) is 0 Å². The zero-order chi connectivity index (χ0) is 13.9. The van der Waals surface area contributed by atoms with Crippen molar-refractivity contribution >= 4 is 0 Å². The average Bonchev–Trinajstić information content (AvgIpc) is 2.87. The van der Waals surface area contributed by atoms with Crippen molar-refractivity contribution in [2.24, 2.45) is 0 Å². The van der Waals surface area contributed by atoms with E-state index in [0.717, 1.165) is 6.42 Å². The molecule has 3 unspecified atom stereocenters. The first-order valence-corrected chi connectivity index (χ1v) is 8.72. The van der Waals surface area contributed by atoms with Gasteiger partial charge < -0.3 is 10.4 Å². The van der Waals surface area contributed by atoms with E-state index in [0.29, 0.717) is 12.1 Å². The molecule has 0 aromatic carbocycles. The first-order valence-electron chi connectivity index (χ1n) is 8.72. The number of unbranched alkanes of at least 4 members (excludes halogenated alkanes) is 6. The molecule has 2 N–H and O–H groups in total. The summed E-state index contributed by atoms with van der Waals surface area (Å²) in [7, 11) is 0. The Labute approximate surface area is 120 Å². The van der Waals surface area contributed by atoms with Gasteiger partial charge >= 0.3 is 0 Å². The molecule has 3 atom stereocenters. The molecule has 0 radical (unpaired) electrons. The van der Waals surface area contributed by atoms with Crippen molar-refractivity contribution in [1.29, 1.82) is 0 Å². The summed E-state index contributed by atoms with van der Waals surface area (Å²) < 4.78 is 0. The second kappa shape index (κ2) is 10.7. The van der Waals surface area contributed by atoms with Gasteiger partial charge in [0.1, 0.15) is 0 Å². The van der Waals surface area contributed by atoms with Gasteiger partial charge in [0.25, 0.3) is 0 Å². The summed E-state index contributed by atoms with van der Waals surface area (Å²) >= 11 is 0. The van der Waals surface area contributed by atoms with E-state index in [1.54, 1.807) is 0 Å². The van der Waals surface area contributed by atoms with Crippen LogP contribution in [0.3, 0.4) is 0 Å². The van der Waals surface area contributed by atoms with E-state index in [9.17, 15) is 5.11 Å². The lowest BCUT2D eigenvalue weighted by molar-refractivity contribution is 0.121. The van der Waals surface area contributed by atoms with E-state index in [4.69, 9.17) is 0 Å². The van der Waals surface area contributed by atoms with Gasteiger partial charge in [0.05, 0.1) is 6.10 Å². The van der Waals surface area contributed by atoms with Crippen LogP contribution in [0.4, 0.5) is 0 Å². The second-order valence-corrected chi connectivity index (χ2v) is 6.31. The molecule has 0 saturated carbocycles. The zero-order valence-corrected chi connectivity index (χ0v) is 13.2. The first-order chi connectivity index (χ1) is 9.27. The van der Waals surface area contributed by atoms with E-state index < -0.39 is 0 Å². The number of aliphatic hydroxyl groups excluding tert-OH is 1. The van der Waals surface area contributed by atoms with Gasteiger partial charge in [-0.1, -0.05) is 65.2 Å². The standard InChI is InChI=1S/C17H35NO/c1-3-5-7-8-10-12-17(19)16-14-13-15(18-16)11-9-6-4-2/h15-19H,3-14H2,1-2H3. The lowest BCUT2D eigenvalue weighted by Crippen LogP contribution is -2.38. The fourth-order valence-corrected chi connectivity index (χ4v) is 3.18. The molecule has 1 aliphatic heterocycles. The second-order valence-electron chi connectivity index (χ2n) is 6.31. The smallest absolute Gasteiger partial charge is 0.0693 e. The Morgan fingerprint density at radius 1 is 0.947 bits per heavy atom. The molecular formula is C17H35NO. The maximum Gasteiger partial charge on any atom is 0.0693 e. The van der Waals surface area contributed by atoms with Crippen LogP contribution in [0, 0.1) is 0 Å². The molecule has 1 aliphatic rings. The van der Waals surface area contributed by atoms with E-state index in [-0.39, 0.29) is 6.10 Å². The fraction of sp³-hybridized carbons (Fsp3) is 1.00. The minimum Gasteiger partial charge on any atom is -0.392 e. The Bertz CT molecular complexity index is 207. The molecule has 1 heterocycles. The predicted octanol–water partition coefficient (Wildman–Crippen LogP) is 4.41. The highest BCUT2D eigenvalue weighted by Crippen LogP contribution is 2.22. The molecule has 2 nitrogen and oxygen atoms in total. The predicted molar refractivity (Wildman–Crippen MR) is 83.5 cm³/mol. The van der Waals surface area contributed by atoms with Crippen LogP contribution in [0.5, 0.6) is 0 Å². The molecule has 0 amide bonds. The van der Waals surface area contributed by atoms with E-state index in [1.165, 1.54) is 70.6 Å². The van der Waals surface area contributed by atoms with Crippen LogP contribution in [0.15, 0.2) is 0 Å². The molecule has 0 bridgehead atoms. The van der Waals surface area contributed by atoms with Gasteiger partial charge in [-0.05, 0) is 25.7 Å². The molecule has 1 rings (SSSR count). The third-order valence-corrected chi connectivity index (χ3v) is 4.50. The molecule has 114 valence electrons. The number of aliphatic hydroxyl groups is 1. The Hall–Kier alpha value is -0.0800. The van der Waals surface area contributed by atoms with Crippen LogP contribution in [0.1, 0.15) is 90.9 Å². The van der Waals surface area contributed by atoms with Gasteiger partial charge in [0, 0.05) is 12.1 Å². The van der Waals surface area contributed by atoms with Crippen LogP contribution >= 0.6 is 0 Å². The van der Waals surface area contributed by atoms with Crippen molar-refractivity contribution in [3.63, 3.8) is 0 Å². The highest BCUT2D eigenvalue weighted by Gasteiger charge is 2.28. The third-order valence-electron chi connectivity index (χ3n) is 4.50. The summed E-state index contributed by atoms with van der Waals surface area (Å²) in [5.41, 5.74) is 0. The summed E-state index contributed by atoms with van der Waals surface area (Å²) in [4.78, 5) is 0. The lowest BCUT2D eigenvalue weighted by Gasteiger charge is -2.20. The Balaban J connectivity index is 2.05. The molecule has 19 heavy (non-hydrogen) atoms. The molecule has 0 spiro atoms. The summed E-state index contributed by atoms with van der Waals surface area (Å²) in [6, 6.07) is 1.05. The maximum absolute atomic E-state index is 10.2. The van der Waals surface area contributed by atoms with Gasteiger partial charge in [-0.3, -0.25) is 0 Å². The molecule has 0 aliphatic carbocycles. The van der Waals surface area contributed by atoms with Crippen molar-refractivity contribution in [1.82, 2.24) is 5.32 Å². The maximum atomic E-state index is 10.2. The monoisotopic (exact) mass is 269 g/mol. The highest BCUT2D eigenvalue weighted by atomic mass is 16.3. The van der Waals surface area contributed by atoms with Crippen molar-refractivity contribution in [2.75, 3.05) is 0 Å². The summed E-state index contributed by atoms with van der Waals surface area (Å²) in [6.07, 6.45) is 15.1. The van der Waals surface area contributed by atoms with Gasteiger partial charge in [-0.25, -0.2) is 0 Å². The number of rotatable bonds is 11. The SMILES string of the molecule is CCCCCCCC(O)C1CCC(CCCCC)N1. The van der Waals surface area contributed by atoms with Gasteiger partial charge in [-0.15, -0.1) is 0 Å². The van der Waals surface area contributed by atoms with E-state index in [1.807, 2.05) is 0 Å². The number of hydrogen-bond acceptors (Lipinski definition) is 2. The average molecular weight is 269 g/mol. The number of nitrogens with one attached hydrogen (secondary N) is 1. The quantitative estimate of drug-likeness (QED) is 0.545. The fourth-order valence-electron chi connectivity index (χ4n) is 3.18. The van der Waals surface area contributed by atoms with E-state index in [2.05, 4.69) is 19.2 Å². The topological polar surface area (TPSA) is 32.3 Å². The van der Waals surface area contributed by atoms with Gasteiger partial charge in [0.2, 0.25) is 0 Å². The molecule has 1 saturated heterocycles. The minimum absolute atomic E-state index is 0.113. The molecular weight excluding hydrogens is 234 g/mol. The normalized spacial score (nSPS) is 24.8. The molecule has 2 heteroatoms. The molecule has 1 fully saturated rings. The van der Waals surface area contributed by atoms with Gasteiger partial charge in [-0.2, -0.15) is 0 Å². The van der Waals surface area contributed by atoms with Crippen LogP contribution in [0.2, 0.25) is 0 Å². The van der Waals surface area contributed by atoms with Crippen molar-refractivity contribution in [3.05, 3.63) is 0 Å². The Morgan fingerprint density at radius 3 is 2.37 bits per heavy atom. The summed E-state index contributed by atoms with van der Waals surface area (Å²) in [5.74, 6) is 0. The van der Waals surface area contributed by atoms with Crippen molar-refractivity contribution < 1.29 is 5.11 Å². The minimum atomic E-state index is -0.113. The number of hydrogen-bond donors (Lipinski definition) is 2. The van der Waals surface area contributed by atoms with Crippen LogP contribution in [-0.4, -0.2) is 23.3 Å². The van der Waals surface area contributed by atoms with Crippen molar-refractivity contribution in [3.8, 4) is 0 Å². The van der Waals surface area contributed by atoms with Crippen LogP contribution in [0.25, 0.3) is 0 Å². The summed E-state index contributed by atoms with van der Waals surface area (Å²) in [6.45, 7) is 4.50. The first kappa shape index (κ1) is 17.0. The largest absolute Gasteiger partial charge is 0.392 e. The van der Waals surface area contributed by atoms with E-state index >= 15 is 0 Å². The summed E-state index contributed by atoms with van der Waals surface area (Å²) in [5, 5.41) is 13.9. The molecule has 0 aromatic heterocycles. The molecule has 0 aromatic rings. The van der Waals surface area contributed by atoms with Crippen LogP contribution < -0.4 is 5.32 Å².